The van der Waals surface area contributed by atoms with Gasteiger partial charge in [0.1, 0.15) is 5.82 Å². The summed E-state index contributed by atoms with van der Waals surface area (Å²) in [6.45, 7) is 6.06. The average Bonchev–Trinajstić information content (AvgIpc) is 3.24. The summed E-state index contributed by atoms with van der Waals surface area (Å²) in [5.74, 6) is 1.21. The fourth-order valence-electron chi connectivity index (χ4n) is 3.15. The van der Waals surface area contributed by atoms with E-state index in [0.717, 1.165) is 12.2 Å². The summed E-state index contributed by atoms with van der Waals surface area (Å²) in [4.78, 5) is 27.9. The molecule has 3 heterocycles. The summed E-state index contributed by atoms with van der Waals surface area (Å²) >= 11 is 0. The van der Waals surface area contributed by atoms with Crippen LogP contribution in [0.5, 0.6) is 0 Å². The second-order valence-electron chi connectivity index (χ2n) is 7.42. The number of carbonyl (C=O) groups is 2. The van der Waals surface area contributed by atoms with Crippen molar-refractivity contribution in [2.24, 2.45) is 5.92 Å². The van der Waals surface area contributed by atoms with E-state index >= 15 is 0 Å². The standard InChI is InChI=1S/C18H26N6O2/c1-12(2)9-19-17(25)14-5-6-15-20-21-16(24(15)11-14)13-7-8-23(10-13)18(26)22(3)4/h5-6,11-13H,7-10H2,1-4H3,(H,19,25)/t13-/m0/s1. The third kappa shape index (κ3) is 3.63. The van der Waals surface area contributed by atoms with E-state index < -0.39 is 0 Å². The Labute approximate surface area is 153 Å². The van der Waals surface area contributed by atoms with Crippen molar-refractivity contribution in [3.63, 3.8) is 0 Å². The van der Waals surface area contributed by atoms with E-state index in [1.54, 1.807) is 37.3 Å². The van der Waals surface area contributed by atoms with Gasteiger partial charge in [-0.15, -0.1) is 10.2 Å². The molecule has 0 bridgehead atoms. The molecule has 8 heteroatoms. The van der Waals surface area contributed by atoms with Crippen molar-refractivity contribution >= 4 is 17.6 Å². The Bertz CT molecular complexity index is 813. The molecule has 2 aromatic rings. The van der Waals surface area contributed by atoms with Crippen molar-refractivity contribution in [2.75, 3.05) is 33.7 Å². The number of pyridine rings is 1. The topological polar surface area (TPSA) is 82.8 Å². The number of amides is 3. The van der Waals surface area contributed by atoms with Gasteiger partial charge in [-0.25, -0.2) is 4.79 Å². The molecular formula is C18H26N6O2. The van der Waals surface area contributed by atoms with Crippen LogP contribution in [0, 0.1) is 5.92 Å². The van der Waals surface area contributed by atoms with Crippen molar-refractivity contribution < 1.29 is 9.59 Å². The van der Waals surface area contributed by atoms with Gasteiger partial charge in [-0.2, -0.15) is 0 Å². The molecule has 2 aromatic heterocycles. The Morgan fingerprint density at radius 1 is 1.31 bits per heavy atom. The Hall–Kier alpha value is -2.64. The lowest BCUT2D eigenvalue weighted by atomic mass is 10.1. The van der Waals surface area contributed by atoms with Gasteiger partial charge in [0.05, 0.1) is 5.56 Å². The maximum atomic E-state index is 12.3. The molecule has 0 aliphatic carbocycles. The molecule has 3 rings (SSSR count). The van der Waals surface area contributed by atoms with Crippen molar-refractivity contribution in [1.29, 1.82) is 0 Å². The molecule has 0 saturated carbocycles. The van der Waals surface area contributed by atoms with Gasteiger partial charge in [-0.05, 0) is 24.5 Å². The highest BCUT2D eigenvalue weighted by Crippen LogP contribution is 2.27. The highest BCUT2D eigenvalue weighted by molar-refractivity contribution is 5.94. The average molecular weight is 358 g/mol. The molecule has 1 fully saturated rings. The Kier molecular flexibility index (Phi) is 5.11. The van der Waals surface area contributed by atoms with E-state index in [-0.39, 0.29) is 17.9 Å². The number of nitrogens with zero attached hydrogens (tertiary/aromatic N) is 5. The monoisotopic (exact) mass is 358 g/mol. The SMILES string of the molecule is CC(C)CNC(=O)c1ccc2nnc([C@H]3CCN(C(=O)N(C)C)C3)n2c1. The van der Waals surface area contributed by atoms with Gasteiger partial charge < -0.3 is 15.1 Å². The van der Waals surface area contributed by atoms with Crippen LogP contribution in [0.25, 0.3) is 5.65 Å². The summed E-state index contributed by atoms with van der Waals surface area (Å²) in [7, 11) is 3.51. The largest absolute Gasteiger partial charge is 0.352 e. The number of fused-ring (bicyclic) bond motifs is 1. The second kappa shape index (κ2) is 7.31. The predicted octanol–water partition coefficient (Wildman–Crippen LogP) is 1.59. The molecule has 1 N–H and O–H groups in total. The maximum absolute atomic E-state index is 12.3. The maximum Gasteiger partial charge on any atom is 0.319 e. The zero-order valence-electron chi connectivity index (χ0n) is 15.8. The Morgan fingerprint density at radius 2 is 2.08 bits per heavy atom. The van der Waals surface area contributed by atoms with Crippen LogP contribution in [0.2, 0.25) is 0 Å². The quantitative estimate of drug-likeness (QED) is 0.900. The fraction of sp³-hybridized carbons (Fsp3) is 0.556. The Balaban J connectivity index is 1.81. The second-order valence-corrected chi connectivity index (χ2v) is 7.42. The van der Waals surface area contributed by atoms with Crippen LogP contribution in [0.3, 0.4) is 0 Å². The smallest absolute Gasteiger partial charge is 0.319 e. The number of urea groups is 1. The number of rotatable bonds is 4. The lowest BCUT2D eigenvalue weighted by molar-refractivity contribution is 0.0948. The van der Waals surface area contributed by atoms with Crippen molar-refractivity contribution in [3.05, 3.63) is 29.7 Å². The zero-order valence-corrected chi connectivity index (χ0v) is 15.8. The van der Waals surface area contributed by atoms with Crippen LogP contribution < -0.4 is 5.32 Å². The van der Waals surface area contributed by atoms with E-state index in [1.807, 2.05) is 9.30 Å². The minimum absolute atomic E-state index is 0.00933. The van der Waals surface area contributed by atoms with Crippen LogP contribution in [-0.4, -0.2) is 70.1 Å². The third-order valence-corrected chi connectivity index (χ3v) is 4.57. The first-order valence-electron chi connectivity index (χ1n) is 8.96. The molecule has 0 aromatic carbocycles. The van der Waals surface area contributed by atoms with Gasteiger partial charge in [0.2, 0.25) is 0 Å². The number of hydrogen-bond acceptors (Lipinski definition) is 4. The van der Waals surface area contributed by atoms with E-state index in [0.29, 0.717) is 36.8 Å². The van der Waals surface area contributed by atoms with Gasteiger partial charge in [0.15, 0.2) is 5.65 Å². The first kappa shape index (κ1) is 18.2. The van der Waals surface area contributed by atoms with Crippen molar-refractivity contribution in [3.8, 4) is 0 Å². The summed E-state index contributed by atoms with van der Waals surface area (Å²) in [6, 6.07) is 3.58. The molecule has 26 heavy (non-hydrogen) atoms. The third-order valence-electron chi connectivity index (χ3n) is 4.57. The van der Waals surface area contributed by atoms with Crippen LogP contribution in [0.1, 0.15) is 42.4 Å². The molecule has 0 unspecified atom stereocenters. The molecule has 140 valence electrons. The van der Waals surface area contributed by atoms with Gasteiger partial charge in [-0.3, -0.25) is 9.20 Å². The molecule has 1 aliphatic heterocycles. The molecule has 3 amide bonds. The lowest BCUT2D eigenvalue weighted by Gasteiger charge is -2.21. The van der Waals surface area contributed by atoms with Gasteiger partial charge in [0, 0.05) is 45.8 Å². The van der Waals surface area contributed by atoms with E-state index in [2.05, 4.69) is 29.4 Å². The van der Waals surface area contributed by atoms with Crippen LogP contribution in [-0.2, 0) is 0 Å². The summed E-state index contributed by atoms with van der Waals surface area (Å²) < 4.78 is 1.87. The minimum Gasteiger partial charge on any atom is -0.352 e. The van der Waals surface area contributed by atoms with Gasteiger partial charge in [-0.1, -0.05) is 13.8 Å². The highest BCUT2D eigenvalue weighted by Gasteiger charge is 2.31. The van der Waals surface area contributed by atoms with E-state index in [1.165, 1.54) is 0 Å². The number of carbonyl (C=O) groups excluding carboxylic acids is 2. The van der Waals surface area contributed by atoms with Crippen molar-refractivity contribution in [1.82, 2.24) is 29.7 Å². The van der Waals surface area contributed by atoms with Crippen LogP contribution >= 0.6 is 0 Å². The number of hydrogen-bond donors (Lipinski definition) is 1. The summed E-state index contributed by atoms with van der Waals surface area (Å²) in [5, 5.41) is 11.5. The first-order valence-corrected chi connectivity index (χ1v) is 8.96. The number of likely N-dealkylation sites (tertiary alicyclic amines) is 1. The van der Waals surface area contributed by atoms with Crippen LogP contribution in [0.4, 0.5) is 4.79 Å². The Morgan fingerprint density at radius 3 is 2.77 bits per heavy atom. The van der Waals surface area contributed by atoms with Crippen LogP contribution in [0.15, 0.2) is 18.3 Å². The molecular weight excluding hydrogens is 332 g/mol. The number of aromatic nitrogens is 3. The molecule has 0 spiro atoms. The fourth-order valence-corrected chi connectivity index (χ4v) is 3.15. The zero-order chi connectivity index (χ0) is 18.8. The number of nitrogens with one attached hydrogen (secondary N) is 1. The van der Waals surface area contributed by atoms with Crippen molar-refractivity contribution in [2.45, 2.75) is 26.2 Å². The predicted molar refractivity (Wildman–Crippen MR) is 98.2 cm³/mol. The molecule has 8 nitrogen and oxygen atoms in total. The summed E-state index contributed by atoms with van der Waals surface area (Å²) in [5.41, 5.74) is 1.29. The minimum atomic E-state index is -0.101. The highest BCUT2D eigenvalue weighted by atomic mass is 16.2. The molecule has 1 atom stereocenters. The normalized spacial score (nSPS) is 17.1. The van der Waals surface area contributed by atoms with Gasteiger partial charge >= 0.3 is 6.03 Å². The molecule has 1 aliphatic rings. The van der Waals surface area contributed by atoms with E-state index in [4.69, 9.17) is 0 Å². The first-order chi connectivity index (χ1) is 12.4. The van der Waals surface area contributed by atoms with E-state index in [9.17, 15) is 9.59 Å². The lowest BCUT2D eigenvalue weighted by Crippen LogP contribution is -2.37. The van der Waals surface area contributed by atoms with Gasteiger partial charge in [0.25, 0.3) is 5.91 Å². The summed E-state index contributed by atoms with van der Waals surface area (Å²) in [6.07, 6.45) is 2.63. The molecule has 0 radical (unpaired) electrons. The molecule has 1 saturated heterocycles.